The molecule has 0 bridgehead atoms. The van der Waals surface area contributed by atoms with Gasteiger partial charge in [0.25, 0.3) is 0 Å². The Kier molecular flexibility index (Phi) is 7.53. The molecule has 1 N–H and O–H groups in total. The number of hydrogen-bond donors (Lipinski definition) is 1. The van der Waals surface area contributed by atoms with E-state index in [9.17, 15) is 4.79 Å². The minimum absolute atomic E-state index is 0.0301. The predicted octanol–water partition coefficient (Wildman–Crippen LogP) is 2.95. The number of thioether (sulfide) groups is 1. The largest absolute Gasteiger partial charge is 0.496 e. The quantitative estimate of drug-likeness (QED) is 0.681. The Hall–Kier alpha value is -1.99. The van der Waals surface area contributed by atoms with Crippen LogP contribution in [0, 0.1) is 13.8 Å². The Labute approximate surface area is 159 Å². The van der Waals surface area contributed by atoms with Crippen molar-refractivity contribution in [1.82, 2.24) is 14.9 Å². The van der Waals surface area contributed by atoms with Gasteiger partial charge in [-0.3, -0.25) is 4.79 Å². The molecule has 26 heavy (non-hydrogen) atoms. The summed E-state index contributed by atoms with van der Waals surface area (Å²) in [4.78, 5) is 17.1. The summed E-state index contributed by atoms with van der Waals surface area (Å²) in [6.07, 6.45) is 0. The van der Waals surface area contributed by atoms with Gasteiger partial charge in [0.15, 0.2) is 5.16 Å². The Morgan fingerprint density at radius 1 is 1.31 bits per heavy atom. The molecule has 1 amide bonds. The topological polar surface area (TPSA) is 65.4 Å². The SMILES string of the molecule is COCCn1c(SC(C)C(=O)NCc2ccccc2OC)nc(C)c1C. The van der Waals surface area contributed by atoms with Gasteiger partial charge in [-0.25, -0.2) is 4.98 Å². The molecule has 0 aliphatic heterocycles. The third kappa shape index (κ3) is 5.02. The highest BCUT2D eigenvalue weighted by molar-refractivity contribution is 8.00. The number of methoxy groups -OCH3 is 2. The monoisotopic (exact) mass is 377 g/mol. The normalized spacial score (nSPS) is 12.0. The van der Waals surface area contributed by atoms with Crippen molar-refractivity contribution in [2.45, 2.75) is 44.3 Å². The number of hydrogen-bond acceptors (Lipinski definition) is 5. The summed E-state index contributed by atoms with van der Waals surface area (Å²) in [6, 6.07) is 7.67. The molecule has 7 heteroatoms. The summed E-state index contributed by atoms with van der Waals surface area (Å²) in [5.74, 6) is 0.743. The van der Waals surface area contributed by atoms with Crippen LogP contribution in [-0.4, -0.2) is 41.5 Å². The molecule has 0 radical (unpaired) electrons. The van der Waals surface area contributed by atoms with E-state index in [-0.39, 0.29) is 11.2 Å². The van der Waals surface area contributed by atoms with Crippen molar-refractivity contribution >= 4 is 17.7 Å². The lowest BCUT2D eigenvalue weighted by atomic mass is 10.2. The molecule has 0 aliphatic rings. The van der Waals surface area contributed by atoms with E-state index in [0.717, 1.165) is 34.4 Å². The lowest BCUT2D eigenvalue weighted by Crippen LogP contribution is -2.30. The van der Waals surface area contributed by atoms with Gasteiger partial charge in [-0.05, 0) is 26.8 Å². The van der Waals surface area contributed by atoms with Crippen molar-refractivity contribution in [2.75, 3.05) is 20.8 Å². The molecule has 0 saturated carbocycles. The molecular weight excluding hydrogens is 350 g/mol. The second-order valence-corrected chi connectivity index (χ2v) is 7.31. The number of carbonyl (C=O) groups is 1. The van der Waals surface area contributed by atoms with Crippen molar-refractivity contribution in [3.05, 3.63) is 41.2 Å². The summed E-state index contributed by atoms with van der Waals surface area (Å²) in [6.45, 7) is 7.68. The van der Waals surface area contributed by atoms with Crippen LogP contribution in [0.2, 0.25) is 0 Å². The number of aromatic nitrogens is 2. The van der Waals surface area contributed by atoms with Gasteiger partial charge in [0.2, 0.25) is 5.91 Å². The van der Waals surface area contributed by atoms with Crippen molar-refractivity contribution in [2.24, 2.45) is 0 Å². The first-order valence-electron chi connectivity index (χ1n) is 8.56. The van der Waals surface area contributed by atoms with Crippen molar-refractivity contribution < 1.29 is 14.3 Å². The molecule has 1 aromatic carbocycles. The van der Waals surface area contributed by atoms with Gasteiger partial charge >= 0.3 is 0 Å². The molecule has 0 fully saturated rings. The van der Waals surface area contributed by atoms with Crippen LogP contribution in [-0.2, 0) is 22.6 Å². The van der Waals surface area contributed by atoms with E-state index in [4.69, 9.17) is 9.47 Å². The number of imidazole rings is 1. The van der Waals surface area contributed by atoms with Gasteiger partial charge in [0.1, 0.15) is 5.75 Å². The molecule has 2 aromatic rings. The standard InChI is InChI=1S/C19H27N3O3S/c1-13-14(2)22(10-11-24-4)19(21-13)26-15(3)18(23)20-12-16-8-6-7-9-17(16)25-5/h6-9,15H,10-12H2,1-5H3,(H,20,23). The van der Waals surface area contributed by atoms with E-state index in [1.54, 1.807) is 14.2 Å². The van der Waals surface area contributed by atoms with Crippen molar-refractivity contribution in [1.29, 1.82) is 0 Å². The number of carbonyl (C=O) groups excluding carboxylic acids is 1. The highest BCUT2D eigenvalue weighted by atomic mass is 32.2. The molecule has 0 saturated heterocycles. The first-order valence-corrected chi connectivity index (χ1v) is 9.44. The zero-order chi connectivity index (χ0) is 19.1. The third-order valence-electron chi connectivity index (χ3n) is 4.24. The van der Waals surface area contributed by atoms with E-state index in [1.807, 2.05) is 45.0 Å². The molecule has 0 spiro atoms. The highest BCUT2D eigenvalue weighted by Gasteiger charge is 2.19. The van der Waals surface area contributed by atoms with Gasteiger partial charge in [-0.1, -0.05) is 30.0 Å². The fourth-order valence-electron chi connectivity index (χ4n) is 2.55. The van der Waals surface area contributed by atoms with Crippen LogP contribution in [0.15, 0.2) is 29.4 Å². The van der Waals surface area contributed by atoms with Gasteiger partial charge < -0.3 is 19.4 Å². The number of aryl methyl sites for hydroxylation is 1. The van der Waals surface area contributed by atoms with Crippen molar-refractivity contribution in [3.63, 3.8) is 0 Å². The highest BCUT2D eigenvalue weighted by Crippen LogP contribution is 2.25. The smallest absolute Gasteiger partial charge is 0.233 e. The maximum atomic E-state index is 12.5. The number of ether oxygens (including phenoxy) is 2. The minimum atomic E-state index is -0.257. The Balaban J connectivity index is 2.00. The summed E-state index contributed by atoms with van der Waals surface area (Å²) < 4.78 is 12.6. The first kappa shape index (κ1) is 20.3. The second kappa shape index (κ2) is 9.64. The average Bonchev–Trinajstić information content (AvgIpc) is 2.91. The number of amides is 1. The van der Waals surface area contributed by atoms with Crippen LogP contribution in [0.5, 0.6) is 5.75 Å². The Morgan fingerprint density at radius 3 is 2.73 bits per heavy atom. The number of para-hydroxylation sites is 1. The van der Waals surface area contributed by atoms with Gasteiger partial charge in [0, 0.05) is 31.5 Å². The molecule has 1 atom stereocenters. The van der Waals surface area contributed by atoms with E-state index in [2.05, 4.69) is 14.9 Å². The predicted molar refractivity (Wildman–Crippen MR) is 104 cm³/mol. The van der Waals surface area contributed by atoms with Crippen LogP contribution in [0.4, 0.5) is 0 Å². The number of nitrogens with one attached hydrogen (secondary N) is 1. The Bertz CT molecular complexity index is 746. The zero-order valence-electron chi connectivity index (χ0n) is 16.0. The third-order valence-corrected chi connectivity index (χ3v) is 5.33. The van der Waals surface area contributed by atoms with Crippen LogP contribution in [0.3, 0.4) is 0 Å². The fourth-order valence-corrected chi connectivity index (χ4v) is 3.60. The molecule has 1 unspecified atom stereocenters. The summed E-state index contributed by atoms with van der Waals surface area (Å²) in [5, 5.41) is 3.56. The van der Waals surface area contributed by atoms with Crippen LogP contribution < -0.4 is 10.1 Å². The molecular formula is C19H27N3O3S. The summed E-state index contributed by atoms with van der Waals surface area (Å²) >= 11 is 1.46. The minimum Gasteiger partial charge on any atom is -0.496 e. The van der Waals surface area contributed by atoms with E-state index in [0.29, 0.717) is 13.2 Å². The van der Waals surface area contributed by atoms with E-state index < -0.39 is 0 Å². The zero-order valence-corrected chi connectivity index (χ0v) is 16.9. The second-order valence-electron chi connectivity index (χ2n) is 6.00. The molecule has 1 heterocycles. The van der Waals surface area contributed by atoms with Gasteiger partial charge in [-0.15, -0.1) is 0 Å². The number of benzene rings is 1. The lowest BCUT2D eigenvalue weighted by Gasteiger charge is -2.14. The molecule has 142 valence electrons. The summed E-state index contributed by atoms with van der Waals surface area (Å²) in [5.41, 5.74) is 3.03. The van der Waals surface area contributed by atoms with E-state index >= 15 is 0 Å². The molecule has 1 aromatic heterocycles. The van der Waals surface area contributed by atoms with Crippen LogP contribution in [0.25, 0.3) is 0 Å². The number of rotatable bonds is 9. The van der Waals surface area contributed by atoms with E-state index in [1.165, 1.54) is 11.8 Å². The molecule has 2 rings (SSSR count). The Morgan fingerprint density at radius 2 is 2.04 bits per heavy atom. The van der Waals surface area contributed by atoms with Crippen LogP contribution in [0.1, 0.15) is 23.9 Å². The average molecular weight is 378 g/mol. The fraction of sp³-hybridized carbons (Fsp3) is 0.474. The molecule has 0 aliphatic carbocycles. The van der Waals surface area contributed by atoms with Gasteiger partial charge in [-0.2, -0.15) is 0 Å². The van der Waals surface area contributed by atoms with Gasteiger partial charge in [0.05, 0.1) is 24.7 Å². The van der Waals surface area contributed by atoms with Crippen LogP contribution >= 0.6 is 11.8 Å². The van der Waals surface area contributed by atoms with Crippen molar-refractivity contribution in [3.8, 4) is 5.75 Å². The number of nitrogens with zero attached hydrogens (tertiary/aromatic N) is 2. The lowest BCUT2D eigenvalue weighted by molar-refractivity contribution is -0.120. The summed E-state index contributed by atoms with van der Waals surface area (Å²) in [7, 11) is 3.31. The molecule has 6 nitrogen and oxygen atoms in total. The maximum Gasteiger partial charge on any atom is 0.233 e. The maximum absolute atomic E-state index is 12.5. The first-order chi connectivity index (χ1) is 12.5.